The van der Waals surface area contributed by atoms with E-state index in [0.717, 1.165) is 17.2 Å². The van der Waals surface area contributed by atoms with Crippen molar-refractivity contribution in [2.75, 3.05) is 11.5 Å². The molecule has 2 N–H and O–H groups in total. The Morgan fingerprint density at radius 3 is 2.11 bits per heavy atom. The van der Waals surface area contributed by atoms with Crippen LogP contribution in [0.25, 0.3) is 0 Å². The maximum Gasteiger partial charge on any atom is 0.359 e. The van der Waals surface area contributed by atoms with Crippen LogP contribution in [0.15, 0.2) is 124 Å². The van der Waals surface area contributed by atoms with Crippen molar-refractivity contribution >= 4 is 47.3 Å². The molecule has 0 aliphatic carbocycles. The van der Waals surface area contributed by atoms with Crippen LogP contribution in [0.1, 0.15) is 39.4 Å². The van der Waals surface area contributed by atoms with Crippen LogP contribution >= 0.6 is 23.5 Å². The summed E-state index contributed by atoms with van der Waals surface area (Å²) in [5.74, 6) is -2.35. The monoisotopic (exact) mass is 750 g/mol. The van der Waals surface area contributed by atoms with Crippen LogP contribution in [0, 0.1) is 0 Å². The van der Waals surface area contributed by atoms with E-state index in [0.29, 0.717) is 22.0 Å². The summed E-state index contributed by atoms with van der Waals surface area (Å²) < 4.78 is 13.3. The number of hydrogen-bond donors (Lipinski definition) is 2. The van der Waals surface area contributed by atoms with Crippen LogP contribution in [-0.4, -0.2) is 82.0 Å². The molecular weight excluding hydrogens is 721 g/mol. The highest BCUT2D eigenvalue weighted by atomic mass is 32.2. The van der Waals surface area contributed by atoms with Gasteiger partial charge in [0.15, 0.2) is 11.8 Å². The summed E-state index contributed by atoms with van der Waals surface area (Å²) in [5, 5.41) is 20.0. The van der Waals surface area contributed by atoms with Gasteiger partial charge in [0.05, 0.1) is 0 Å². The number of nitrogens with zero attached hydrogens (tertiary/aromatic N) is 6. The highest BCUT2D eigenvalue weighted by Crippen LogP contribution is 2.43. The van der Waals surface area contributed by atoms with Crippen molar-refractivity contribution in [3.8, 4) is 0 Å². The van der Waals surface area contributed by atoms with Crippen LogP contribution < -0.4 is 10.9 Å². The van der Waals surface area contributed by atoms with Gasteiger partial charge in [0.1, 0.15) is 17.1 Å². The third kappa shape index (κ3) is 7.61. The Morgan fingerprint density at radius 2 is 1.53 bits per heavy atom. The molecule has 3 aromatic carbocycles. The number of esters is 2. The summed E-state index contributed by atoms with van der Waals surface area (Å²) in [6.45, 7) is 0. The van der Waals surface area contributed by atoms with Crippen molar-refractivity contribution in [1.82, 2.24) is 40.6 Å². The summed E-state index contributed by atoms with van der Waals surface area (Å²) in [5.41, 5.74) is 1.82. The van der Waals surface area contributed by atoms with Crippen LogP contribution in [0.3, 0.4) is 0 Å². The number of rotatable bonds is 12. The molecule has 0 saturated carbocycles. The number of carbonyl (C=O) groups is 4. The van der Waals surface area contributed by atoms with Crippen molar-refractivity contribution < 1.29 is 28.7 Å². The molecule has 17 heteroatoms. The van der Waals surface area contributed by atoms with Crippen LogP contribution in [0.2, 0.25) is 0 Å². The van der Waals surface area contributed by atoms with Gasteiger partial charge in [-0.15, -0.1) is 16.9 Å². The van der Waals surface area contributed by atoms with E-state index >= 15 is 0 Å². The minimum absolute atomic E-state index is 0.0823. The smallest absolute Gasteiger partial charge is 0.359 e. The second-order valence-corrected chi connectivity index (χ2v) is 13.9. The molecule has 2 aromatic heterocycles. The van der Waals surface area contributed by atoms with E-state index in [1.165, 1.54) is 39.2 Å². The Bertz CT molecular complexity index is 2170. The number of tetrazole rings is 1. The van der Waals surface area contributed by atoms with Gasteiger partial charge in [-0.05, 0) is 33.2 Å². The lowest BCUT2D eigenvalue weighted by Crippen LogP contribution is -2.71. The fourth-order valence-electron chi connectivity index (χ4n) is 5.78. The fraction of sp³-hybridized carbons (Fsp3) is 0.194. The van der Waals surface area contributed by atoms with E-state index in [1.807, 2.05) is 60.7 Å². The van der Waals surface area contributed by atoms with Gasteiger partial charge in [-0.1, -0.05) is 103 Å². The van der Waals surface area contributed by atoms with Crippen LogP contribution in [0.4, 0.5) is 0 Å². The van der Waals surface area contributed by atoms with E-state index in [-0.39, 0.29) is 17.1 Å². The first-order valence-electron chi connectivity index (χ1n) is 16.2. The number of amides is 2. The number of aryl methyl sites for hydroxylation is 1. The molecule has 4 heterocycles. The summed E-state index contributed by atoms with van der Waals surface area (Å²) >= 11 is 2.68. The first kappa shape index (κ1) is 35.3. The molecular formula is C36H30N8O7S2. The first-order chi connectivity index (χ1) is 25.8. The Kier molecular flexibility index (Phi) is 10.4. The predicted octanol–water partition coefficient (Wildman–Crippen LogP) is 2.97. The SMILES string of the molecule is Cn1nnnc1SCC1=C(C(=O)OC(c2ccccc2)c2ccccc2)N2C(=O)[C@@H](NC(=O)C(OC(=O)c3ccc(=O)[nH]n3)c3ccccc3)[C@@H]2SC1. The standard InChI is InChI=1S/C36H30N8O7S2/c1-43-36(40-41-42-43)53-20-24-19-52-33-27(37-31(46)30(23-15-9-4-10-16-23)51-34(48)25-17-18-26(45)39-38-25)32(47)44(33)28(24)35(49)50-29(21-11-5-2-6-12-21)22-13-7-3-8-14-22/h2-18,27,29-30,33H,19-20H2,1H3,(H,37,46)(H,39,45)/t27-,30?,33+/m1/s1. The zero-order chi connectivity index (χ0) is 36.9. The van der Waals surface area contributed by atoms with Gasteiger partial charge in [0, 0.05) is 30.2 Å². The lowest BCUT2D eigenvalue weighted by atomic mass is 10.0. The van der Waals surface area contributed by atoms with E-state index < -0.39 is 52.9 Å². The van der Waals surface area contributed by atoms with Gasteiger partial charge in [0.25, 0.3) is 17.4 Å². The van der Waals surface area contributed by atoms with Gasteiger partial charge in [-0.3, -0.25) is 19.3 Å². The number of ether oxygens (including phenoxy) is 2. The normalized spacial score (nSPS) is 17.1. The molecule has 2 aliphatic rings. The molecule has 53 heavy (non-hydrogen) atoms. The Labute approximate surface area is 310 Å². The number of carbonyl (C=O) groups excluding carboxylic acids is 4. The van der Waals surface area contributed by atoms with Crippen molar-refractivity contribution in [2.24, 2.45) is 7.05 Å². The molecule has 0 bridgehead atoms. The molecule has 5 aromatic rings. The zero-order valence-corrected chi connectivity index (χ0v) is 29.5. The molecule has 1 saturated heterocycles. The number of β-lactam (4-membered cyclic amide) rings is 1. The molecule has 1 fully saturated rings. The highest BCUT2D eigenvalue weighted by molar-refractivity contribution is 8.01. The number of hydrogen-bond acceptors (Lipinski definition) is 13. The summed E-state index contributed by atoms with van der Waals surface area (Å²) in [7, 11) is 1.70. The van der Waals surface area contributed by atoms with Gasteiger partial charge in [-0.25, -0.2) is 19.4 Å². The van der Waals surface area contributed by atoms with E-state index in [4.69, 9.17) is 9.47 Å². The first-order valence-corrected chi connectivity index (χ1v) is 18.3. The minimum Gasteiger partial charge on any atom is -0.448 e. The molecule has 2 amide bonds. The molecule has 1 unspecified atom stereocenters. The minimum atomic E-state index is -1.46. The third-order valence-electron chi connectivity index (χ3n) is 8.38. The molecule has 268 valence electrons. The van der Waals surface area contributed by atoms with Crippen molar-refractivity contribution in [3.63, 3.8) is 0 Å². The number of H-pyrrole nitrogens is 1. The summed E-state index contributed by atoms with van der Waals surface area (Å²) in [4.78, 5) is 67.9. The number of benzene rings is 3. The van der Waals surface area contributed by atoms with Crippen molar-refractivity contribution in [2.45, 2.75) is 28.8 Å². The van der Waals surface area contributed by atoms with Gasteiger partial charge < -0.3 is 14.8 Å². The van der Waals surface area contributed by atoms with Crippen LogP contribution in [-0.2, 0) is 30.9 Å². The molecule has 7 rings (SSSR count). The number of thioether (sulfide) groups is 2. The van der Waals surface area contributed by atoms with Crippen molar-refractivity contribution in [3.05, 3.63) is 147 Å². The highest BCUT2D eigenvalue weighted by Gasteiger charge is 2.55. The Morgan fingerprint density at radius 1 is 0.887 bits per heavy atom. The number of fused-ring (bicyclic) bond motifs is 1. The number of aromatic nitrogens is 6. The number of nitrogens with one attached hydrogen (secondary N) is 2. The van der Waals surface area contributed by atoms with Gasteiger partial charge in [-0.2, -0.15) is 5.10 Å². The Balaban J connectivity index is 1.15. The van der Waals surface area contributed by atoms with Gasteiger partial charge in [0.2, 0.25) is 11.3 Å². The van der Waals surface area contributed by atoms with Crippen LogP contribution in [0.5, 0.6) is 0 Å². The Hall–Kier alpha value is -6.07. The predicted molar refractivity (Wildman–Crippen MR) is 192 cm³/mol. The summed E-state index contributed by atoms with van der Waals surface area (Å²) in [6.07, 6.45) is -2.23. The summed E-state index contributed by atoms with van der Waals surface area (Å²) in [6, 6.07) is 28.1. The molecule has 0 spiro atoms. The second-order valence-electron chi connectivity index (χ2n) is 11.8. The van der Waals surface area contributed by atoms with E-state index in [9.17, 15) is 24.0 Å². The van der Waals surface area contributed by atoms with Gasteiger partial charge >= 0.3 is 11.9 Å². The average molecular weight is 751 g/mol. The molecule has 3 atom stereocenters. The third-order valence-corrected chi connectivity index (χ3v) is 10.8. The van der Waals surface area contributed by atoms with Crippen molar-refractivity contribution in [1.29, 1.82) is 0 Å². The fourth-order valence-corrected chi connectivity index (χ4v) is 8.12. The topological polar surface area (TPSA) is 191 Å². The average Bonchev–Trinajstić information content (AvgIpc) is 3.61. The lowest BCUT2D eigenvalue weighted by Gasteiger charge is -2.50. The van der Waals surface area contributed by atoms with E-state index in [2.05, 4.69) is 31.0 Å². The quantitative estimate of drug-likeness (QED) is 0.108. The maximum atomic E-state index is 14.3. The molecule has 15 nitrogen and oxygen atoms in total. The zero-order valence-electron chi connectivity index (χ0n) is 27.9. The maximum absolute atomic E-state index is 14.3. The second kappa shape index (κ2) is 15.7. The van der Waals surface area contributed by atoms with E-state index in [1.54, 1.807) is 37.4 Å². The largest absolute Gasteiger partial charge is 0.448 e. The molecule has 2 aliphatic heterocycles. The molecule has 0 radical (unpaired) electrons. The number of aromatic amines is 1. The lowest BCUT2D eigenvalue weighted by molar-refractivity contribution is -0.155.